The van der Waals surface area contributed by atoms with Gasteiger partial charge in [-0.3, -0.25) is 29.0 Å². The highest BCUT2D eigenvalue weighted by atomic mass is 32.2. The van der Waals surface area contributed by atoms with E-state index in [2.05, 4.69) is 0 Å². The Balaban J connectivity index is 1.28. The lowest BCUT2D eigenvalue weighted by atomic mass is 10.2. The minimum atomic E-state index is -0.355. The zero-order valence-electron chi connectivity index (χ0n) is 17.8. The number of amides is 4. The molecule has 1 aromatic carbocycles. The minimum absolute atomic E-state index is 0.215. The second kappa shape index (κ2) is 10.2. The normalized spacial score (nSPS) is 19.2. The Hall–Kier alpha value is -3.08. The quantitative estimate of drug-likeness (QED) is 0.521. The molecule has 33 heavy (non-hydrogen) atoms. The van der Waals surface area contributed by atoms with Gasteiger partial charge in [-0.15, -0.1) is 0 Å². The molecule has 0 unspecified atom stereocenters. The first-order chi connectivity index (χ1) is 15.9. The molecule has 10 heteroatoms. The Morgan fingerprint density at radius 3 is 1.94 bits per heavy atom. The summed E-state index contributed by atoms with van der Waals surface area (Å²) in [5, 5.41) is -0.632. The standard InChI is InChI=1S/C23H21N3O5S2/c1-24(10-12-26-21(28)19(33-23(26)30)15-17-8-5-13-31-17)9-11-25-20(27)18(32-22(25)29)14-16-6-3-2-4-7-16/h2-8,13-15H,9-12H2,1H3. The van der Waals surface area contributed by atoms with Crippen molar-refractivity contribution < 1.29 is 23.6 Å². The minimum Gasteiger partial charge on any atom is -0.465 e. The van der Waals surface area contributed by atoms with Gasteiger partial charge in [-0.25, -0.2) is 0 Å². The Morgan fingerprint density at radius 2 is 1.39 bits per heavy atom. The number of benzene rings is 1. The third-order valence-electron chi connectivity index (χ3n) is 5.07. The van der Waals surface area contributed by atoms with Gasteiger partial charge in [0.1, 0.15) is 5.76 Å². The molecule has 0 saturated carbocycles. The molecule has 0 radical (unpaired) electrons. The van der Waals surface area contributed by atoms with E-state index in [0.29, 0.717) is 28.7 Å². The van der Waals surface area contributed by atoms with Crippen molar-refractivity contribution in [2.24, 2.45) is 0 Å². The molecule has 2 aliphatic heterocycles. The Bertz CT molecular complexity index is 1130. The summed E-state index contributed by atoms with van der Waals surface area (Å²) in [5.74, 6) is -0.154. The molecule has 0 bridgehead atoms. The van der Waals surface area contributed by atoms with Crippen LogP contribution in [-0.2, 0) is 9.59 Å². The molecule has 0 atom stereocenters. The highest BCUT2D eigenvalue weighted by Crippen LogP contribution is 2.33. The predicted molar refractivity (Wildman–Crippen MR) is 128 cm³/mol. The van der Waals surface area contributed by atoms with Crippen molar-refractivity contribution in [1.82, 2.24) is 14.7 Å². The molecule has 2 aromatic rings. The number of hydrogen-bond acceptors (Lipinski definition) is 8. The maximum atomic E-state index is 12.6. The monoisotopic (exact) mass is 483 g/mol. The molecule has 4 rings (SSSR count). The molecule has 0 spiro atoms. The molecule has 2 aliphatic rings. The van der Waals surface area contributed by atoms with Gasteiger partial charge < -0.3 is 9.32 Å². The lowest BCUT2D eigenvalue weighted by Crippen LogP contribution is -2.40. The van der Waals surface area contributed by atoms with Crippen LogP contribution in [0.25, 0.3) is 12.2 Å². The van der Waals surface area contributed by atoms with Crippen LogP contribution in [0.15, 0.2) is 63.0 Å². The van der Waals surface area contributed by atoms with Crippen molar-refractivity contribution >= 4 is 58.0 Å². The Labute approximate surface area is 199 Å². The average molecular weight is 484 g/mol. The van der Waals surface area contributed by atoms with E-state index >= 15 is 0 Å². The fourth-order valence-corrected chi connectivity index (χ4v) is 4.95. The number of imide groups is 2. The van der Waals surface area contributed by atoms with E-state index in [1.165, 1.54) is 16.1 Å². The third-order valence-corrected chi connectivity index (χ3v) is 6.89. The predicted octanol–water partition coefficient (Wildman–Crippen LogP) is 3.98. The van der Waals surface area contributed by atoms with Crippen LogP contribution in [0.5, 0.6) is 0 Å². The van der Waals surface area contributed by atoms with Crippen molar-refractivity contribution in [2.45, 2.75) is 0 Å². The van der Waals surface area contributed by atoms with E-state index in [4.69, 9.17) is 4.42 Å². The number of thioether (sulfide) groups is 2. The zero-order valence-corrected chi connectivity index (χ0v) is 19.4. The number of furan rings is 1. The van der Waals surface area contributed by atoms with Crippen LogP contribution in [-0.4, -0.2) is 70.2 Å². The molecular formula is C23H21N3O5S2. The number of hydrogen-bond donors (Lipinski definition) is 0. The molecule has 8 nitrogen and oxygen atoms in total. The summed E-state index contributed by atoms with van der Waals surface area (Å²) in [6.45, 7) is 1.29. The largest absolute Gasteiger partial charge is 0.465 e. The first-order valence-corrected chi connectivity index (χ1v) is 11.8. The second-order valence-corrected chi connectivity index (χ2v) is 9.38. The summed E-state index contributed by atoms with van der Waals surface area (Å²) in [5.41, 5.74) is 0.860. The summed E-state index contributed by atoms with van der Waals surface area (Å²) in [6, 6.07) is 12.8. The SMILES string of the molecule is CN(CCN1C(=O)SC(=Cc2ccccc2)C1=O)CCN1C(=O)SC(=Cc2ccco2)C1=O. The number of carbonyl (C=O) groups is 4. The first-order valence-electron chi connectivity index (χ1n) is 10.2. The second-order valence-electron chi connectivity index (χ2n) is 7.40. The van der Waals surface area contributed by atoms with Gasteiger partial charge >= 0.3 is 0 Å². The van der Waals surface area contributed by atoms with Gasteiger partial charge in [0.05, 0.1) is 16.1 Å². The molecule has 4 amide bonds. The lowest BCUT2D eigenvalue weighted by Gasteiger charge is -2.22. The molecule has 3 heterocycles. The molecule has 1 aromatic heterocycles. The Kier molecular flexibility index (Phi) is 7.17. The fraction of sp³-hybridized carbons (Fsp3) is 0.217. The number of nitrogens with zero attached hydrogens (tertiary/aromatic N) is 3. The lowest BCUT2D eigenvalue weighted by molar-refractivity contribution is -0.123. The van der Waals surface area contributed by atoms with Crippen LogP contribution in [0.2, 0.25) is 0 Å². The van der Waals surface area contributed by atoms with Crippen molar-refractivity contribution in [3.8, 4) is 0 Å². The molecular weight excluding hydrogens is 462 g/mol. The third kappa shape index (κ3) is 5.47. The van der Waals surface area contributed by atoms with Gasteiger partial charge in [0.2, 0.25) is 0 Å². The summed E-state index contributed by atoms with van der Waals surface area (Å²) in [7, 11) is 1.82. The van der Waals surface area contributed by atoms with E-state index in [-0.39, 0.29) is 35.4 Å². The summed E-state index contributed by atoms with van der Waals surface area (Å²) in [4.78, 5) is 54.8. The van der Waals surface area contributed by atoms with Crippen LogP contribution in [0.3, 0.4) is 0 Å². The molecule has 0 aliphatic carbocycles. The van der Waals surface area contributed by atoms with Gasteiger partial charge in [0.15, 0.2) is 0 Å². The summed E-state index contributed by atoms with van der Waals surface area (Å²) < 4.78 is 5.21. The fourth-order valence-electron chi connectivity index (χ4n) is 3.24. The van der Waals surface area contributed by atoms with Crippen LogP contribution in [0, 0.1) is 0 Å². The number of rotatable bonds is 8. The smallest absolute Gasteiger partial charge is 0.293 e. The van der Waals surface area contributed by atoms with Crippen molar-refractivity contribution in [3.05, 3.63) is 69.9 Å². The molecule has 2 fully saturated rings. The van der Waals surface area contributed by atoms with E-state index in [9.17, 15) is 19.2 Å². The van der Waals surface area contributed by atoms with Crippen LogP contribution in [0.4, 0.5) is 9.59 Å². The van der Waals surface area contributed by atoms with Gasteiger partial charge in [-0.1, -0.05) is 30.3 Å². The van der Waals surface area contributed by atoms with Crippen molar-refractivity contribution in [3.63, 3.8) is 0 Å². The maximum Gasteiger partial charge on any atom is 0.293 e. The molecule has 2 saturated heterocycles. The highest BCUT2D eigenvalue weighted by molar-refractivity contribution is 8.18. The number of carbonyl (C=O) groups excluding carboxylic acids is 4. The van der Waals surface area contributed by atoms with Crippen LogP contribution < -0.4 is 0 Å². The summed E-state index contributed by atoms with van der Waals surface area (Å²) in [6.07, 6.45) is 4.77. The zero-order chi connectivity index (χ0) is 23.4. The van der Waals surface area contributed by atoms with Gasteiger partial charge in [-0.2, -0.15) is 0 Å². The van der Waals surface area contributed by atoms with E-state index in [1.54, 1.807) is 24.3 Å². The highest BCUT2D eigenvalue weighted by Gasteiger charge is 2.36. The van der Waals surface area contributed by atoms with E-state index in [0.717, 1.165) is 29.1 Å². The van der Waals surface area contributed by atoms with Crippen LogP contribution >= 0.6 is 23.5 Å². The van der Waals surface area contributed by atoms with E-state index in [1.807, 2.05) is 42.3 Å². The maximum absolute atomic E-state index is 12.6. The topological polar surface area (TPSA) is 91.1 Å². The van der Waals surface area contributed by atoms with Gasteiger partial charge in [0, 0.05) is 32.3 Å². The van der Waals surface area contributed by atoms with Crippen molar-refractivity contribution in [2.75, 3.05) is 33.2 Å². The van der Waals surface area contributed by atoms with Crippen LogP contribution in [0.1, 0.15) is 11.3 Å². The summed E-state index contributed by atoms with van der Waals surface area (Å²) >= 11 is 1.81. The number of likely N-dealkylation sites (N-methyl/N-ethyl adjacent to an activating group) is 1. The van der Waals surface area contributed by atoms with E-state index < -0.39 is 0 Å². The molecule has 0 N–H and O–H groups in total. The van der Waals surface area contributed by atoms with Gasteiger partial charge in [0.25, 0.3) is 22.3 Å². The van der Waals surface area contributed by atoms with Gasteiger partial charge in [-0.05, 0) is 54.3 Å². The average Bonchev–Trinajstić information content (AvgIpc) is 3.47. The van der Waals surface area contributed by atoms with Crippen molar-refractivity contribution in [1.29, 1.82) is 0 Å². The Morgan fingerprint density at radius 1 is 0.818 bits per heavy atom. The first kappa shape index (κ1) is 23.1. The molecule has 170 valence electrons.